The lowest BCUT2D eigenvalue weighted by molar-refractivity contribution is -0.140. The number of nitrogens with zero attached hydrogens (tertiary/aromatic N) is 2. The Morgan fingerprint density at radius 2 is 1.44 bits per heavy atom. The molecule has 0 fully saturated rings. The molecule has 1 N–H and O–H groups in total. The molecule has 2 amide bonds. The van der Waals surface area contributed by atoms with Gasteiger partial charge >= 0.3 is 0 Å². The van der Waals surface area contributed by atoms with E-state index < -0.39 is 34.1 Å². The van der Waals surface area contributed by atoms with Crippen molar-refractivity contribution in [2.75, 3.05) is 17.1 Å². The third-order valence-corrected chi connectivity index (χ3v) is 7.88. The average Bonchev–Trinajstić information content (AvgIpc) is 2.89. The molecule has 8 heteroatoms. The monoisotopic (exact) mass is 577 g/mol. The highest BCUT2D eigenvalue weighted by atomic mass is 32.2. The number of carbonyl (C=O) groups is 2. The lowest BCUT2D eigenvalue weighted by atomic mass is 10.00. The number of nitrogens with one attached hydrogen (secondary N) is 1. The molecular weight excluding hydrogens is 534 g/mol. The van der Waals surface area contributed by atoms with Crippen LogP contribution in [0.1, 0.15) is 62.8 Å². The molecule has 0 aliphatic rings. The van der Waals surface area contributed by atoms with Crippen LogP contribution in [0.25, 0.3) is 0 Å². The SMILES string of the molecule is Cc1ccc(CN(C(=O)CN(c2ccccc2C(C)C)S(C)(=O)=O)[C@H](Cc2ccccc2)C(=O)NC(C)(C)C)cc1. The van der Waals surface area contributed by atoms with Crippen molar-refractivity contribution < 1.29 is 18.0 Å². The summed E-state index contributed by atoms with van der Waals surface area (Å²) in [5, 5.41) is 3.04. The number of para-hydroxylation sites is 1. The van der Waals surface area contributed by atoms with E-state index in [1.165, 1.54) is 4.90 Å². The van der Waals surface area contributed by atoms with Crippen molar-refractivity contribution >= 4 is 27.5 Å². The van der Waals surface area contributed by atoms with Crippen molar-refractivity contribution in [1.82, 2.24) is 10.2 Å². The Labute approximate surface area is 245 Å². The minimum atomic E-state index is -3.83. The second kappa shape index (κ2) is 13.3. The van der Waals surface area contributed by atoms with Gasteiger partial charge in [-0.1, -0.05) is 92.2 Å². The fourth-order valence-corrected chi connectivity index (χ4v) is 5.56. The highest BCUT2D eigenvalue weighted by Crippen LogP contribution is 2.29. The van der Waals surface area contributed by atoms with E-state index in [9.17, 15) is 18.0 Å². The van der Waals surface area contributed by atoms with Gasteiger partial charge in [0.15, 0.2) is 0 Å². The first-order chi connectivity index (χ1) is 19.2. The van der Waals surface area contributed by atoms with Gasteiger partial charge in [0.05, 0.1) is 11.9 Å². The fourth-order valence-electron chi connectivity index (χ4n) is 4.69. The molecule has 0 aliphatic carbocycles. The van der Waals surface area contributed by atoms with Crippen LogP contribution in [0.5, 0.6) is 0 Å². The zero-order chi connectivity index (χ0) is 30.4. The highest BCUT2D eigenvalue weighted by molar-refractivity contribution is 7.92. The van der Waals surface area contributed by atoms with Crippen LogP contribution in [0.2, 0.25) is 0 Å². The highest BCUT2D eigenvalue weighted by Gasteiger charge is 2.34. The van der Waals surface area contributed by atoms with Crippen molar-refractivity contribution in [3.05, 3.63) is 101 Å². The number of anilines is 1. The number of sulfonamides is 1. The fraction of sp³-hybridized carbons (Fsp3) is 0.394. The van der Waals surface area contributed by atoms with Crippen LogP contribution in [0.3, 0.4) is 0 Å². The molecule has 0 unspecified atom stereocenters. The van der Waals surface area contributed by atoms with Crippen LogP contribution in [0.15, 0.2) is 78.9 Å². The molecule has 3 rings (SSSR count). The predicted molar refractivity (Wildman–Crippen MR) is 166 cm³/mol. The van der Waals surface area contributed by atoms with Gasteiger partial charge in [-0.2, -0.15) is 0 Å². The van der Waals surface area contributed by atoms with E-state index in [4.69, 9.17) is 0 Å². The Bertz CT molecular complexity index is 1430. The average molecular weight is 578 g/mol. The first-order valence-electron chi connectivity index (χ1n) is 13.9. The van der Waals surface area contributed by atoms with Gasteiger partial charge in [-0.05, 0) is 56.4 Å². The van der Waals surface area contributed by atoms with E-state index in [0.717, 1.165) is 32.8 Å². The Balaban J connectivity index is 2.11. The van der Waals surface area contributed by atoms with Crippen molar-refractivity contribution in [2.45, 2.75) is 72.0 Å². The molecule has 0 radical (unpaired) electrons. The van der Waals surface area contributed by atoms with Gasteiger partial charge in [0.2, 0.25) is 21.8 Å². The zero-order valence-electron chi connectivity index (χ0n) is 25.2. The van der Waals surface area contributed by atoms with Crippen LogP contribution in [-0.4, -0.2) is 49.5 Å². The minimum absolute atomic E-state index is 0.0394. The van der Waals surface area contributed by atoms with Gasteiger partial charge < -0.3 is 10.2 Å². The number of rotatable bonds is 11. The topological polar surface area (TPSA) is 86.8 Å². The summed E-state index contributed by atoms with van der Waals surface area (Å²) in [5.41, 5.74) is 3.58. The van der Waals surface area contributed by atoms with Crippen LogP contribution in [-0.2, 0) is 32.6 Å². The molecule has 0 heterocycles. The Kier molecular flexibility index (Phi) is 10.4. The van der Waals surface area contributed by atoms with Gasteiger partial charge in [-0.25, -0.2) is 8.42 Å². The number of hydrogen-bond donors (Lipinski definition) is 1. The van der Waals surface area contributed by atoms with Crippen LogP contribution in [0, 0.1) is 6.92 Å². The smallest absolute Gasteiger partial charge is 0.244 e. The maximum absolute atomic E-state index is 14.3. The molecule has 0 spiro atoms. The molecule has 41 heavy (non-hydrogen) atoms. The summed E-state index contributed by atoms with van der Waals surface area (Å²) in [7, 11) is -3.83. The molecule has 0 saturated heterocycles. The summed E-state index contributed by atoms with van der Waals surface area (Å²) >= 11 is 0. The summed E-state index contributed by atoms with van der Waals surface area (Å²) in [6.07, 6.45) is 1.39. The summed E-state index contributed by atoms with van der Waals surface area (Å²) in [6, 6.07) is 23.7. The number of carbonyl (C=O) groups excluding carboxylic acids is 2. The van der Waals surface area contributed by atoms with Crippen LogP contribution >= 0.6 is 0 Å². The molecule has 220 valence electrons. The van der Waals surface area contributed by atoms with Gasteiger partial charge in [-0.3, -0.25) is 13.9 Å². The summed E-state index contributed by atoms with van der Waals surface area (Å²) in [6.45, 7) is 11.4. The maximum Gasteiger partial charge on any atom is 0.244 e. The standard InChI is InChI=1S/C33H43N3O4S/c1-24(2)28-15-11-12-16-29(28)36(41(7,39)40)23-31(37)35(22-27-19-17-25(3)18-20-27)30(32(38)34-33(4,5)6)21-26-13-9-8-10-14-26/h8-20,24,30H,21-23H2,1-7H3,(H,34,38)/t30-/m1/s1. The molecule has 1 atom stereocenters. The number of amides is 2. The summed E-state index contributed by atoms with van der Waals surface area (Å²) < 4.78 is 27.4. The second-order valence-corrected chi connectivity index (χ2v) is 13.8. The van der Waals surface area contributed by atoms with E-state index in [-0.39, 0.29) is 24.8 Å². The molecule has 0 aliphatic heterocycles. The number of aryl methyl sites for hydroxylation is 1. The first kappa shape index (κ1) is 31.9. The van der Waals surface area contributed by atoms with Gasteiger partial charge in [0, 0.05) is 18.5 Å². The molecule has 7 nitrogen and oxygen atoms in total. The molecule has 3 aromatic carbocycles. The Morgan fingerprint density at radius 3 is 2.00 bits per heavy atom. The van der Waals surface area contributed by atoms with E-state index in [1.54, 1.807) is 12.1 Å². The van der Waals surface area contributed by atoms with E-state index in [2.05, 4.69) is 5.32 Å². The van der Waals surface area contributed by atoms with E-state index in [0.29, 0.717) is 5.69 Å². The lowest BCUT2D eigenvalue weighted by Gasteiger charge is -2.35. The molecule has 0 aromatic heterocycles. The Morgan fingerprint density at radius 1 is 0.854 bits per heavy atom. The van der Waals surface area contributed by atoms with Crippen molar-refractivity contribution in [1.29, 1.82) is 0 Å². The zero-order valence-corrected chi connectivity index (χ0v) is 26.0. The largest absolute Gasteiger partial charge is 0.350 e. The van der Waals surface area contributed by atoms with Crippen molar-refractivity contribution in [2.24, 2.45) is 0 Å². The predicted octanol–water partition coefficient (Wildman–Crippen LogP) is 5.44. The maximum atomic E-state index is 14.3. The van der Waals surface area contributed by atoms with Gasteiger partial charge in [-0.15, -0.1) is 0 Å². The minimum Gasteiger partial charge on any atom is -0.350 e. The quantitative estimate of drug-likeness (QED) is 0.329. The van der Waals surface area contributed by atoms with Gasteiger partial charge in [0.1, 0.15) is 12.6 Å². The summed E-state index contributed by atoms with van der Waals surface area (Å²) in [4.78, 5) is 29.6. The van der Waals surface area contributed by atoms with Crippen molar-refractivity contribution in [3.63, 3.8) is 0 Å². The third kappa shape index (κ3) is 9.18. The van der Waals surface area contributed by atoms with E-state index >= 15 is 0 Å². The second-order valence-electron chi connectivity index (χ2n) is 11.9. The number of benzene rings is 3. The molecular formula is C33H43N3O4S. The molecule has 0 bridgehead atoms. The molecule has 0 saturated carbocycles. The lowest BCUT2D eigenvalue weighted by Crippen LogP contribution is -2.56. The molecule has 3 aromatic rings. The van der Waals surface area contributed by atoms with Crippen molar-refractivity contribution in [3.8, 4) is 0 Å². The van der Waals surface area contributed by atoms with Gasteiger partial charge in [0.25, 0.3) is 0 Å². The van der Waals surface area contributed by atoms with Crippen LogP contribution < -0.4 is 9.62 Å². The first-order valence-corrected chi connectivity index (χ1v) is 15.8. The van der Waals surface area contributed by atoms with E-state index in [1.807, 2.05) is 108 Å². The Hall–Kier alpha value is -3.65. The normalized spacial score (nSPS) is 12.6. The third-order valence-electron chi connectivity index (χ3n) is 6.75. The summed E-state index contributed by atoms with van der Waals surface area (Å²) in [5.74, 6) is -0.715. The van der Waals surface area contributed by atoms with Crippen LogP contribution in [0.4, 0.5) is 5.69 Å². The number of hydrogen-bond acceptors (Lipinski definition) is 4.